The van der Waals surface area contributed by atoms with Gasteiger partial charge in [-0.05, 0) is 123 Å². The lowest BCUT2D eigenvalue weighted by Gasteiger charge is -2.33. The molecule has 0 aromatic heterocycles. The molecule has 0 saturated carbocycles. The smallest absolute Gasteiger partial charge is 0.414 e. The van der Waals surface area contributed by atoms with Crippen LogP contribution in [-0.2, 0) is 25.5 Å². The number of hydrogen-bond donors (Lipinski definition) is 4. The van der Waals surface area contributed by atoms with Crippen LogP contribution >= 0.6 is 23.2 Å². The Bertz CT molecular complexity index is 1610. The van der Waals surface area contributed by atoms with Crippen molar-refractivity contribution in [2.24, 2.45) is 4.99 Å². The van der Waals surface area contributed by atoms with Crippen molar-refractivity contribution in [2.45, 2.75) is 110 Å². The quantitative estimate of drug-likeness (QED) is 0.0927. The maximum absolute atomic E-state index is 13.7. The van der Waals surface area contributed by atoms with Crippen molar-refractivity contribution in [1.29, 1.82) is 0 Å². The number of alkyl carbamates (subject to hydrolysis) is 3. The zero-order chi connectivity index (χ0) is 39.0. The van der Waals surface area contributed by atoms with Gasteiger partial charge in [0.1, 0.15) is 22.8 Å². The first kappa shape index (κ1) is 42.3. The molecule has 1 unspecified atom stereocenters. The number of ether oxygens (including phenoxy) is 3. The van der Waals surface area contributed by atoms with Crippen LogP contribution in [0.4, 0.5) is 20.1 Å². The fourth-order valence-corrected chi connectivity index (χ4v) is 5.88. The van der Waals surface area contributed by atoms with Crippen molar-refractivity contribution in [3.05, 3.63) is 63.1 Å². The summed E-state index contributed by atoms with van der Waals surface area (Å²) in [7, 11) is 2.02. The largest absolute Gasteiger partial charge is 0.444 e. The third kappa shape index (κ3) is 14.5. The van der Waals surface area contributed by atoms with Crippen molar-refractivity contribution < 1.29 is 33.4 Å². The second-order valence-corrected chi connectivity index (χ2v) is 16.5. The molecule has 0 bridgehead atoms. The molecule has 1 aliphatic heterocycles. The highest BCUT2D eigenvalue weighted by Crippen LogP contribution is 2.39. The van der Waals surface area contributed by atoms with Crippen LogP contribution in [0.1, 0.15) is 97.8 Å². The van der Waals surface area contributed by atoms with Gasteiger partial charge in [0.25, 0.3) is 0 Å². The highest BCUT2D eigenvalue weighted by molar-refractivity contribution is 6.35. The number of anilines is 1. The van der Waals surface area contributed by atoms with E-state index in [1.807, 2.05) is 31.3 Å². The van der Waals surface area contributed by atoms with E-state index in [4.69, 9.17) is 37.4 Å². The summed E-state index contributed by atoms with van der Waals surface area (Å²) >= 11 is 13.0. The number of likely N-dealkylation sites (N-methyl/N-ethyl adjacent to an activating group) is 1. The highest BCUT2D eigenvalue weighted by Gasteiger charge is 2.29. The monoisotopic (exact) mass is 762 g/mol. The number of benzene rings is 2. The number of guanidine groups is 1. The molecule has 13 nitrogen and oxygen atoms in total. The molecule has 0 aliphatic carbocycles. The van der Waals surface area contributed by atoms with Crippen LogP contribution in [0, 0.1) is 0 Å². The zero-order valence-electron chi connectivity index (χ0n) is 31.7. The van der Waals surface area contributed by atoms with Crippen molar-refractivity contribution >= 4 is 59.0 Å². The molecule has 0 radical (unpaired) electrons. The lowest BCUT2D eigenvalue weighted by molar-refractivity contribution is -0.118. The summed E-state index contributed by atoms with van der Waals surface area (Å²) in [6.07, 6.45) is -2.03. The van der Waals surface area contributed by atoms with Gasteiger partial charge in [-0.3, -0.25) is 20.4 Å². The van der Waals surface area contributed by atoms with E-state index >= 15 is 0 Å². The summed E-state index contributed by atoms with van der Waals surface area (Å²) in [6, 6.07) is 10.2. The van der Waals surface area contributed by atoms with Crippen LogP contribution in [0.15, 0.2) is 41.4 Å². The van der Waals surface area contributed by atoms with Crippen LogP contribution < -0.4 is 21.3 Å². The molecule has 2 aromatic rings. The fourth-order valence-electron chi connectivity index (χ4n) is 5.31. The molecule has 1 aliphatic rings. The molecule has 2 aromatic carbocycles. The van der Waals surface area contributed by atoms with Crippen LogP contribution in [0.2, 0.25) is 10.0 Å². The number of amides is 4. The molecule has 15 heteroatoms. The Morgan fingerprint density at radius 2 is 1.44 bits per heavy atom. The predicted octanol–water partition coefficient (Wildman–Crippen LogP) is 7.59. The van der Waals surface area contributed by atoms with Gasteiger partial charge in [0, 0.05) is 41.3 Å². The SMILES string of the molecule is CN1Cc2c(Cl)cc(Cl)cc2C(c2cccc(NC(=O)[C@H](CCCN=C(NC(=O)OC(C)(C)C)NC(=O)OC(C)(C)C)NC(=O)OC(C)(C)C)c2)C1. The van der Waals surface area contributed by atoms with Crippen molar-refractivity contribution in [3.8, 4) is 0 Å². The Labute approximate surface area is 316 Å². The van der Waals surface area contributed by atoms with Crippen LogP contribution in [-0.4, -0.2) is 78.0 Å². The minimum absolute atomic E-state index is 0.0480. The summed E-state index contributed by atoms with van der Waals surface area (Å²) in [5, 5.41) is 11.6. The fraction of sp³-hybridized carbons (Fsp3) is 0.541. The van der Waals surface area contributed by atoms with E-state index < -0.39 is 47.0 Å². The number of nitrogens with one attached hydrogen (secondary N) is 4. The molecule has 3 rings (SSSR count). The number of nitrogens with zero attached hydrogens (tertiary/aromatic N) is 2. The summed E-state index contributed by atoms with van der Waals surface area (Å²) in [4.78, 5) is 58.0. The molecule has 0 fully saturated rings. The van der Waals surface area contributed by atoms with E-state index in [1.165, 1.54) is 0 Å². The van der Waals surface area contributed by atoms with E-state index in [1.54, 1.807) is 74.4 Å². The Hall–Kier alpha value is -4.07. The minimum atomic E-state index is -1.02. The summed E-state index contributed by atoms with van der Waals surface area (Å²) in [6.45, 7) is 16.8. The third-order valence-electron chi connectivity index (χ3n) is 7.22. The highest BCUT2D eigenvalue weighted by atomic mass is 35.5. The summed E-state index contributed by atoms with van der Waals surface area (Å²) < 4.78 is 16.0. The van der Waals surface area contributed by atoms with E-state index in [9.17, 15) is 19.2 Å². The lowest BCUT2D eigenvalue weighted by atomic mass is 9.84. The van der Waals surface area contributed by atoms with Gasteiger partial charge in [-0.25, -0.2) is 14.4 Å². The van der Waals surface area contributed by atoms with Gasteiger partial charge in [-0.2, -0.15) is 0 Å². The molecule has 0 spiro atoms. The van der Waals surface area contributed by atoms with Crippen molar-refractivity contribution in [1.82, 2.24) is 20.9 Å². The van der Waals surface area contributed by atoms with E-state index in [0.29, 0.717) is 22.3 Å². The normalized spacial score (nSPS) is 15.3. The van der Waals surface area contributed by atoms with Gasteiger partial charge in [0.05, 0.1) is 0 Å². The second kappa shape index (κ2) is 17.6. The van der Waals surface area contributed by atoms with Gasteiger partial charge < -0.3 is 29.7 Å². The number of fused-ring (bicyclic) bond motifs is 1. The molecule has 4 N–H and O–H groups in total. The van der Waals surface area contributed by atoms with Crippen LogP contribution in [0.25, 0.3) is 0 Å². The predicted molar refractivity (Wildman–Crippen MR) is 203 cm³/mol. The standard InChI is InChI=1S/C37H52Cl2N6O7/c1-35(2,3)50-32(47)42-29(15-12-16-40-31(43-33(48)51-36(4,5)6)44-34(49)52-37(7,8)9)30(46)41-24-14-11-13-22(17-24)26-20-45(10)21-27-25(26)18-23(38)19-28(27)39/h11,13-14,17-19,26,29H,12,15-16,20-21H2,1-10H3,(H,41,46)(H,42,47)(H2,40,43,44,48,49)/t26?,29-/m0/s1. The van der Waals surface area contributed by atoms with E-state index in [0.717, 1.165) is 23.2 Å². The first-order valence-electron chi connectivity index (χ1n) is 17.1. The number of halogens is 2. The van der Waals surface area contributed by atoms with Crippen molar-refractivity contribution in [2.75, 3.05) is 25.5 Å². The molecular weight excluding hydrogens is 711 g/mol. The Morgan fingerprint density at radius 1 is 0.865 bits per heavy atom. The van der Waals surface area contributed by atoms with Gasteiger partial charge in [0.15, 0.2) is 0 Å². The van der Waals surface area contributed by atoms with Gasteiger partial charge in [-0.1, -0.05) is 35.3 Å². The number of hydrogen-bond acceptors (Lipinski definition) is 9. The maximum Gasteiger partial charge on any atom is 0.414 e. The lowest BCUT2D eigenvalue weighted by Crippen LogP contribution is -2.47. The average molecular weight is 764 g/mol. The second-order valence-electron chi connectivity index (χ2n) is 15.6. The molecule has 52 heavy (non-hydrogen) atoms. The molecule has 0 saturated heterocycles. The van der Waals surface area contributed by atoms with Crippen LogP contribution in [0.3, 0.4) is 0 Å². The average Bonchev–Trinajstić information content (AvgIpc) is 2.95. The minimum Gasteiger partial charge on any atom is -0.444 e. The first-order chi connectivity index (χ1) is 24.0. The zero-order valence-corrected chi connectivity index (χ0v) is 33.2. The topological polar surface area (TPSA) is 160 Å². The Kier molecular flexibility index (Phi) is 14.4. The summed E-state index contributed by atoms with van der Waals surface area (Å²) in [5.74, 6) is -0.717. The van der Waals surface area contributed by atoms with Gasteiger partial charge >= 0.3 is 18.3 Å². The van der Waals surface area contributed by atoms with Gasteiger partial charge in [0.2, 0.25) is 11.9 Å². The number of aliphatic imine (C=N–C) groups is 1. The molecule has 286 valence electrons. The third-order valence-corrected chi connectivity index (χ3v) is 7.77. The molecular formula is C37H52Cl2N6O7. The van der Waals surface area contributed by atoms with E-state index in [2.05, 4.69) is 31.2 Å². The number of rotatable bonds is 8. The van der Waals surface area contributed by atoms with Gasteiger partial charge in [-0.15, -0.1) is 0 Å². The first-order valence-corrected chi connectivity index (χ1v) is 17.8. The molecule has 1 heterocycles. The Morgan fingerprint density at radius 3 is 2.02 bits per heavy atom. The van der Waals surface area contributed by atoms with Crippen LogP contribution in [0.5, 0.6) is 0 Å². The molecule has 4 amide bonds. The summed E-state index contributed by atoms with van der Waals surface area (Å²) in [5.41, 5.74) is 1.14. The molecule has 2 atom stereocenters. The number of carbonyl (C=O) groups excluding carboxylic acids is 4. The van der Waals surface area contributed by atoms with E-state index in [-0.39, 0.29) is 31.3 Å². The Balaban J connectivity index is 1.80. The van der Waals surface area contributed by atoms with Crippen molar-refractivity contribution in [3.63, 3.8) is 0 Å². The number of carbonyl (C=O) groups is 4. The maximum atomic E-state index is 13.7.